The molecule has 3 atom stereocenters. The number of fused-ring (bicyclic) bond motifs is 1. The number of aromatic hydroxyl groups is 1. The molecule has 3 aliphatic rings. The molecule has 152 valence electrons. The Kier molecular flexibility index (Phi) is 4.23. The highest BCUT2D eigenvalue weighted by Crippen LogP contribution is 2.60. The number of rotatable bonds is 3. The molecule has 29 heavy (non-hydrogen) atoms. The average Bonchev–Trinajstić information content (AvgIpc) is 2.71. The fraction of sp³-hybridized carbons (Fsp3) is 0.458. The van der Waals surface area contributed by atoms with Crippen LogP contribution < -0.4 is 4.74 Å². The molecule has 2 N–H and O–H groups in total. The van der Waals surface area contributed by atoms with Crippen LogP contribution in [0.25, 0.3) is 0 Å². The van der Waals surface area contributed by atoms with Crippen molar-refractivity contribution < 1.29 is 19.7 Å². The maximum absolute atomic E-state index is 12.6. The normalized spacial score (nSPS) is 31.1. The molecule has 1 saturated carbocycles. The van der Waals surface area contributed by atoms with E-state index < -0.39 is 11.0 Å². The molecule has 1 aliphatic heterocycles. The molecule has 0 amide bonds. The number of hydrogen-bond acceptors (Lipinski definition) is 5. The summed E-state index contributed by atoms with van der Waals surface area (Å²) in [5.41, 5.74) is 1.25. The van der Waals surface area contributed by atoms with Crippen LogP contribution in [0.3, 0.4) is 0 Å². The van der Waals surface area contributed by atoms with Gasteiger partial charge in [0.1, 0.15) is 12.4 Å². The van der Waals surface area contributed by atoms with Crippen LogP contribution in [0.5, 0.6) is 11.5 Å². The number of hydrogen-bond donors (Lipinski definition) is 2. The summed E-state index contributed by atoms with van der Waals surface area (Å²) in [4.78, 5) is 14.8. The zero-order valence-electron chi connectivity index (χ0n) is 16.7. The smallest absolute Gasteiger partial charge is 0.165 e. The third kappa shape index (κ3) is 2.64. The molecule has 0 spiro atoms. The molecule has 0 radical (unpaired) electrons. The summed E-state index contributed by atoms with van der Waals surface area (Å²) in [6, 6.07) is 13.4. The van der Waals surface area contributed by atoms with Gasteiger partial charge in [-0.2, -0.15) is 0 Å². The zero-order chi connectivity index (χ0) is 20.2. The van der Waals surface area contributed by atoms with Crippen molar-refractivity contribution >= 4 is 5.78 Å². The summed E-state index contributed by atoms with van der Waals surface area (Å²) in [6.45, 7) is 1.14. The second kappa shape index (κ2) is 6.57. The van der Waals surface area contributed by atoms with Gasteiger partial charge in [-0.3, -0.25) is 4.79 Å². The summed E-state index contributed by atoms with van der Waals surface area (Å²) in [5, 5.41) is 22.7. The van der Waals surface area contributed by atoms with Gasteiger partial charge in [0.25, 0.3) is 0 Å². The van der Waals surface area contributed by atoms with Crippen LogP contribution in [0, 0.1) is 0 Å². The molecule has 5 rings (SSSR count). The molecule has 1 saturated heterocycles. The van der Waals surface area contributed by atoms with Gasteiger partial charge in [0.2, 0.25) is 0 Å². The van der Waals surface area contributed by atoms with Gasteiger partial charge in [0.15, 0.2) is 11.5 Å². The molecule has 1 heterocycles. The first kappa shape index (κ1) is 18.6. The minimum atomic E-state index is -0.987. The van der Waals surface area contributed by atoms with E-state index in [-0.39, 0.29) is 17.6 Å². The second-order valence-electron chi connectivity index (χ2n) is 8.89. The molecular weight excluding hydrogens is 366 g/mol. The number of ketones is 1. The topological polar surface area (TPSA) is 70.0 Å². The lowest BCUT2D eigenvalue weighted by Gasteiger charge is -2.62. The summed E-state index contributed by atoms with van der Waals surface area (Å²) in [6.07, 6.45) is 2.57. The van der Waals surface area contributed by atoms with Gasteiger partial charge in [-0.25, -0.2) is 0 Å². The van der Waals surface area contributed by atoms with E-state index in [1.165, 1.54) is 0 Å². The Labute approximate surface area is 170 Å². The van der Waals surface area contributed by atoms with Crippen LogP contribution in [0.1, 0.15) is 42.4 Å². The number of aliphatic hydroxyl groups is 1. The predicted octanol–water partition coefficient (Wildman–Crippen LogP) is 2.95. The van der Waals surface area contributed by atoms with Gasteiger partial charge in [-0.05, 0) is 50.0 Å². The van der Waals surface area contributed by atoms with E-state index in [4.69, 9.17) is 4.74 Å². The van der Waals surface area contributed by atoms with Gasteiger partial charge in [0.05, 0.1) is 5.60 Å². The van der Waals surface area contributed by atoms with Crippen LogP contribution in [0.4, 0.5) is 0 Å². The lowest BCUT2D eigenvalue weighted by atomic mass is 9.49. The number of carbonyl (C=O) groups excluding carboxylic acids is 1. The van der Waals surface area contributed by atoms with E-state index in [0.717, 1.165) is 23.2 Å². The Morgan fingerprint density at radius 2 is 1.97 bits per heavy atom. The van der Waals surface area contributed by atoms with Crippen LogP contribution in [0.15, 0.2) is 42.5 Å². The fourth-order valence-corrected chi connectivity index (χ4v) is 5.97. The largest absolute Gasteiger partial charge is 0.504 e. The number of benzene rings is 2. The van der Waals surface area contributed by atoms with Crippen molar-refractivity contribution in [1.82, 2.24) is 4.90 Å². The number of phenolic OH excluding ortho intramolecular Hbond substituents is 1. The van der Waals surface area contributed by atoms with Crippen molar-refractivity contribution in [1.29, 1.82) is 0 Å². The highest BCUT2D eigenvalue weighted by atomic mass is 16.5. The maximum Gasteiger partial charge on any atom is 0.165 e. The molecule has 2 fully saturated rings. The van der Waals surface area contributed by atoms with Crippen molar-refractivity contribution in [2.45, 2.75) is 55.8 Å². The maximum atomic E-state index is 12.6. The van der Waals surface area contributed by atoms with Crippen LogP contribution >= 0.6 is 0 Å². The molecule has 5 heteroatoms. The van der Waals surface area contributed by atoms with E-state index in [9.17, 15) is 15.0 Å². The second-order valence-corrected chi connectivity index (χ2v) is 8.89. The Morgan fingerprint density at radius 1 is 1.17 bits per heavy atom. The van der Waals surface area contributed by atoms with Crippen molar-refractivity contribution in [3.8, 4) is 11.5 Å². The molecule has 2 aromatic carbocycles. The number of carbonyl (C=O) groups is 1. The van der Waals surface area contributed by atoms with E-state index in [1.54, 1.807) is 6.07 Å². The minimum absolute atomic E-state index is 0.0247. The van der Waals surface area contributed by atoms with E-state index in [0.29, 0.717) is 44.5 Å². The van der Waals surface area contributed by atoms with E-state index in [1.807, 2.05) is 36.4 Å². The lowest BCUT2D eigenvalue weighted by molar-refractivity contribution is -0.169. The van der Waals surface area contributed by atoms with Gasteiger partial charge < -0.3 is 19.8 Å². The standard InChI is InChI=1S/C24H27NO4/c1-25-12-11-23-14-18(26)9-10-24(23,28)20(25)13-17-7-8-19(27)22(21(17)23)29-15-16-5-3-2-4-6-16/h2-8,20,27-28H,9-15H2,1H3/t20-,23-,24-/m1/s1. The first-order valence-electron chi connectivity index (χ1n) is 10.4. The van der Waals surface area contributed by atoms with Gasteiger partial charge in [-0.15, -0.1) is 0 Å². The summed E-state index contributed by atoms with van der Waals surface area (Å²) >= 11 is 0. The number of likely N-dealkylation sites (N-methyl/N-ethyl adjacent to an activating group) is 1. The zero-order valence-corrected chi connectivity index (χ0v) is 16.7. The van der Waals surface area contributed by atoms with Crippen molar-refractivity contribution in [2.75, 3.05) is 13.6 Å². The van der Waals surface area contributed by atoms with Crippen molar-refractivity contribution in [3.05, 3.63) is 59.2 Å². The monoisotopic (exact) mass is 393 g/mol. The number of nitrogens with zero attached hydrogens (tertiary/aromatic N) is 1. The van der Waals surface area contributed by atoms with Gasteiger partial charge in [0, 0.05) is 29.9 Å². The molecule has 2 bridgehead atoms. The number of Topliss-reactive ketones (excluding diaryl/α,β-unsaturated/α-hetero) is 1. The lowest BCUT2D eigenvalue weighted by Crippen LogP contribution is -2.72. The fourth-order valence-electron chi connectivity index (χ4n) is 5.97. The average molecular weight is 393 g/mol. The molecule has 5 nitrogen and oxygen atoms in total. The summed E-state index contributed by atoms with van der Waals surface area (Å²) in [5.74, 6) is 0.692. The Bertz CT molecular complexity index is 959. The quantitative estimate of drug-likeness (QED) is 0.839. The first-order chi connectivity index (χ1) is 13.9. The van der Waals surface area contributed by atoms with Crippen LogP contribution in [-0.2, 0) is 23.2 Å². The molecular formula is C24H27NO4. The molecule has 2 aliphatic carbocycles. The number of piperidine rings is 1. The molecule has 0 unspecified atom stereocenters. The molecule has 2 aromatic rings. The highest BCUT2D eigenvalue weighted by Gasteiger charge is 2.65. The highest BCUT2D eigenvalue weighted by molar-refractivity contribution is 5.83. The van der Waals surface area contributed by atoms with Crippen LogP contribution in [-0.4, -0.2) is 46.1 Å². The van der Waals surface area contributed by atoms with Crippen molar-refractivity contribution in [3.63, 3.8) is 0 Å². The van der Waals surface area contributed by atoms with Crippen molar-refractivity contribution in [2.24, 2.45) is 0 Å². The SMILES string of the molecule is CN1CC[C@]23CC(=O)CC[C@@]2(O)[C@H]1Cc1ccc(O)c(OCc2ccccc2)c13. The first-order valence-corrected chi connectivity index (χ1v) is 10.4. The van der Waals surface area contributed by atoms with Gasteiger partial charge >= 0.3 is 0 Å². The van der Waals surface area contributed by atoms with Crippen LogP contribution in [0.2, 0.25) is 0 Å². The summed E-state index contributed by atoms with van der Waals surface area (Å²) < 4.78 is 6.18. The number of likely N-dealkylation sites (tertiary alicyclic amines) is 1. The third-order valence-corrected chi connectivity index (χ3v) is 7.43. The van der Waals surface area contributed by atoms with Gasteiger partial charge in [-0.1, -0.05) is 36.4 Å². The third-order valence-electron chi connectivity index (χ3n) is 7.43. The Hall–Kier alpha value is -2.37. The summed E-state index contributed by atoms with van der Waals surface area (Å²) in [7, 11) is 2.06. The Morgan fingerprint density at radius 3 is 2.76 bits per heavy atom. The Balaban J connectivity index is 1.65. The number of ether oxygens (including phenoxy) is 1. The minimum Gasteiger partial charge on any atom is -0.504 e. The number of phenols is 1. The van der Waals surface area contributed by atoms with E-state index in [2.05, 4.69) is 11.9 Å². The predicted molar refractivity (Wildman–Crippen MR) is 109 cm³/mol. The van der Waals surface area contributed by atoms with E-state index >= 15 is 0 Å². The molecule has 0 aromatic heterocycles.